The standard InChI is InChI=1S/C9H11ClO2S/c10-6-3-5-13-9(6)8(11)7-2-1-4-12-7/h3,5,7-8,11H,1-2,4H2. The first-order valence-electron chi connectivity index (χ1n) is 4.31. The number of hydrogen-bond donors (Lipinski definition) is 1. The van der Waals surface area contributed by atoms with Gasteiger partial charge in [-0.1, -0.05) is 11.6 Å². The normalized spacial score (nSPS) is 24.9. The molecule has 4 heteroatoms. The maximum absolute atomic E-state index is 9.89. The van der Waals surface area contributed by atoms with E-state index in [1.54, 1.807) is 6.07 Å². The zero-order valence-corrected chi connectivity index (χ0v) is 8.64. The summed E-state index contributed by atoms with van der Waals surface area (Å²) in [5.74, 6) is 0. The van der Waals surface area contributed by atoms with Crippen molar-refractivity contribution in [2.24, 2.45) is 0 Å². The summed E-state index contributed by atoms with van der Waals surface area (Å²) in [5, 5.41) is 12.4. The van der Waals surface area contributed by atoms with Crippen molar-refractivity contribution in [3.63, 3.8) is 0 Å². The fraction of sp³-hybridized carbons (Fsp3) is 0.556. The van der Waals surface area contributed by atoms with Crippen LogP contribution >= 0.6 is 22.9 Å². The van der Waals surface area contributed by atoms with Crippen molar-refractivity contribution in [1.82, 2.24) is 0 Å². The van der Waals surface area contributed by atoms with Gasteiger partial charge < -0.3 is 9.84 Å². The molecule has 1 aromatic heterocycles. The lowest BCUT2D eigenvalue weighted by Gasteiger charge is -2.16. The van der Waals surface area contributed by atoms with Crippen molar-refractivity contribution in [3.05, 3.63) is 21.3 Å². The van der Waals surface area contributed by atoms with Crippen molar-refractivity contribution >= 4 is 22.9 Å². The molecule has 1 N–H and O–H groups in total. The number of aliphatic hydroxyl groups excluding tert-OH is 1. The van der Waals surface area contributed by atoms with E-state index in [9.17, 15) is 5.11 Å². The zero-order valence-electron chi connectivity index (χ0n) is 7.07. The molecule has 72 valence electrons. The first-order valence-corrected chi connectivity index (χ1v) is 5.57. The van der Waals surface area contributed by atoms with E-state index in [1.807, 2.05) is 5.38 Å². The maximum Gasteiger partial charge on any atom is 0.116 e. The molecule has 2 unspecified atom stereocenters. The highest BCUT2D eigenvalue weighted by Gasteiger charge is 2.27. The van der Waals surface area contributed by atoms with Gasteiger partial charge in [-0.15, -0.1) is 11.3 Å². The minimum absolute atomic E-state index is 0.0591. The third-order valence-electron chi connectivity index (χ3n) is 2.23. The fourth-order valence-corrected chi connectivity index (χ4v) is 2.74. The Morgan fingerprint density at radius 1 is 1.69 bits per heavy atom. The van der Waals surface area contributed by atoms with Crippen LogP contribution < -0.4 is 0 Å². The Morgan fingerprint density at radius 3 is 3.08 bits per heavy atom. The van der Waals surface area contributed by atoms with E-state index in [1.165, 1.54) is 11.3 Å². The highest BCUT2D eigenvalue weighted by atomic mass is 35.5. The summed E-state index contributed by atoms with van der Waals surface area (Å²) < 4.78 is 5.39. The SMILES string of the molecule is OC(c1sccc1Cl)C1CCCO1. The van der Waals surface area contributed by atoms with Crippen LogP contribution in [-0.2, 0) is 4.74 Å². The summed E-state index contributed by atoms with van der Waals surface area (Å²) in [7, 11) is 0. The minimum Gasteiger partial charge on any atom is -0.385 e. The predicted molar refractivity (Wildman–Crippen MR) is 53.3 cm³/mol. The molecule has 0 aromatic carbocycles. The molecule has 0 bridgehead atoms. The van der Waals surface area contributed by atoms with E-state index in [-0.39, 0.29) is 6.10 Å². The molecule has 0 aliphatic carbocycles. The quantitative estimate of drug-likeness (QED) is 0.827. The molecule has 1 fully saturated rings. The molecule has 0 amide bonds. The number of halogens is 1. The molecule has 1 aromatic rings. The van der Waals surface area contributed by atoms with Gasteiger partial charge in [0.2, 0.25) is 0 Å². The van der Waals surface area contributed by atoms with Gasteiger partial charge in [-0.05, 0) is 24.3 Å². The molecular weight excluding hydrogens is 208 g/mol. The Labute approximate surface area is 86.1 Å². The largest absolute Gasteiger partial charge is 0.385 e. The van der Waals surface area contributed by atoms with Crippen LogP contribution in [0.25, 0.3) is 0 Å². The van der Waals surface area contributed by atoms with Gasteiger partial charge in [0.1, 0.15) is 6.10 Å². The topological polar surface area (TPSA) is 29.5 Å². The molecule has 1 saturated heterocycles. The van der Waals surface area contributed by atoms with Gasteiger partial charge in [0.15, 0.2) is 0 Å². The molecule has 2 heterocycles. The highest BCUT2D eigenvalue weighted by Crippen LogP contribution is 2.34. The molecule has 2 atom stereocenters. The van der Waals surface area contributed by atoms with Gasteiger partial charge in [-0.25, -0.2) is 0 Å². The molecular formula is C9H11ClO2S. The molecule has 0 saturated carbocycles. The Balaban J connectivity index is 2.12. The van der Waals surface area contributed by atoms with E-state index in [4.69, 9.17) is 16.3 Å². The third-order valence-corrected chi connectivity index (χ3v) is 3.66. The number of aliphatic hydroxyl groups is 1. The average Bonchev–Trinajstić information content (AvgIpc) is 2.72. The smallest absolute Gasteiger partial charge is 0.116 e. The lowest BCUT2D eigenvalue weighted by atomic mass is 10.1. The van der Waals surface area contributed by atoms with E-state index in [2.05, 4.69) is 0 Å². The lowest BCUT2D eigenvalue weighted by molar-refractivity contribution is -0.000727. The highest BCUT2D eigenvalue weighted by molar-refractivity contribution is 7.10. The second-order valence-corrected chi connectivity index (χ2v) is 4.48. The van der Waals surface area contributed by atoms with Crippen molar-refractivity contribution in [2.45, 2.75) is 25.0 Å². The molecule has 1 aliphatic heterocycles. The van der Waals surface area contributed by atoms with Crippen molar-refractivity contribution in [3.8, 4) is 0 Å². The summed E-state index contributed by atoms with van der Waals surface area (Å²) in [4.78, 5) is 0.827. The van der Waals surface area contributed by atoms with Crippen LogP contribution in [0.3, 0.4) is 0 Å². The van der Waals surface area contributed by atoms with Gasteiger partial charge in [-0.3, -0.25) is 0 Å². The number of hydrogen-bond acceptors (Lipinski definition) is 3. The van der Waals surface area contributed by atoms with E-state index < -0.39 is 6.10 Å². The van der Waals surface area contributed by atoms with Crippen molar-refractivity contribution in [2.75, 3.05) is 6.61 Å². The van der Waals surface area contributed by atoms with Crippen LogP contribution in [0.1, 0.15) is 23.8 Å². The summed E-state index contributed by atoms with van der Waals surface area (Å²) in [6, 6.07) is 1.81. The van der Waals surface area contributed by atoms with Crippen molar-refractivity contribution < 1.29 is 9.84 Å². The Morgan fingerprint density at radius 2 is 2.54 bits per heavy atom. The molecule has 1 aliphatic rings. The van der Waals surface area contributed by atoms with Crippen LogP contribution in [0.15, 0.2) is 11.4 Å². The minimum atomic E-state index is -0.546. The first kappa shape index (κ1) is 9.46. The molecule has 2 rings (SSSR count). The molecule has 0 spiro atoms. The fourth-order valence-electron chi connectivity index (χ4n) is 1.54. The van der Waals surface area contributed by atoms with E-state index in [0.717, 1.165) is 24.3 Å². The van der Waals surface area contributed by atoms with Gasteiger partial charge in [0.25, 0.3) is 0 Å². The second-order valence-electron chi connectivity index (χ2n) is 3.13. The summed E-state index contributed by atoms with van der Waals surface area (Å²) in [5.41, 5.74) is 0. The average molecular weight is 219 g/mol. The Kier molecular flexibility index (Phi) is 2.89. The molecule has 13 heavy (non-hydrogen) atoms. The van der Waals surface area contributed by atoms with Gasteiger partial charge in [-0.2, -0.15) is 0 Å². The van der Waals surface area contributed by atoms with Crippen LogP contribution in [-0.4, -0.2) is 17.8 Å². The van der Waals surface area contributed by atoms with Crippen LogP contribution in [0.5, 0.6) is 0 Å². The van der Waals surface area contributed by atoms with Gasteiger partial charge >= 0.3 is 0 Å². The molecule has 0 radical (unpaired) electrons. The second kappa shape index (κ2) is 3.96. The summed E-state index contributed by atoms with van der Waals surface area (Å²) >= 11 is 7.39. The lowest BCUT2D eigenvalue weighted by Crippen LogP contribution is -2.16. The third kappa shape index (κ3) is 1.89. The maximum atomic E-state index is 9.89. The number of ether oxygens (including phenoxy) is 1. The molecule has 2 nitrogen and oxygen atoms in total. The van der Waals surface area contributed by atoms with E-state index >= 15 is 0 Å². The number of rotatable bonds is 2. The Hall–Kier alpha value is -0.0900. The van der Waals surface area contributed by atoms with Crippen molar-refractivity contribution in [1.29, 1.82) is 0 Å². The van der Waals surface area contributed by atoms with Gasteiger partial charge in [0, 0.05) is 6.61 Å². The van der Waals surface area contributed by atoms with Crippen LogP contribution in [0.4, 0.5) is 0 Å². The van der Waals surface area contributed by atoms with Crippen LogP contribution in [0.2, 0.25) is 5.02 Å². The summed E-state index contributed by atoms with van der Waals surface area (Å²) in [6.45, 7) is 0.755. The van der Waals surface area contributed by atoms with E-state index in [0.29, 0.717) is 5.02 Å². The predicted octanol–water partition coefficient (Wildman–Crippen LogP) is 2.61. The summed E-state index contributed by atoms with van der Waals surface area (Å²) in [6.07, 6.45) is 1.35. The van der Waals surface area contributed by atoms with Gasteiger partial charge in [0.05, 0.1) is 16.0 Å². The monoisotopic (exact) mass is 218 g/mol. The first-order chi connectivity index (χ1) is 6.29. The van der Waals surface area contributed by atoms with Crippen LogP contribution in [0, 0.1) is 0 Å². The Bertz CT molecular complexity index is 281. The number of thiophene rings is 1. The zero-order chi connectivity index (χ0) is 9.26.